The second-order valence-electron chi connectivity index (χ2n) is 5.88. The van der Waals surface area contributed by atoms with Crippen molar-refractivity contribution in [1.82, 2.24) is 10.2 Å². The largest absolute Gasteiger partial charge is 0.368 e. The van der Waals surface area contributed by atoms with Crippen LogP contribution in [0.3, 0.4) is 0 Å². The normalized spacial score (nSPS) is 24.7. The minimum atomic E-state index is -0.545. The van der Waals surface area contributed by atoms with Gasteiger partial charge in [-0.25, -0.2) is 0 Å². The van der Waals surface area contributed by atoms with Gasteiger partial charge in [0, 0.05) is 6.54 Å². The van der Waals surface area contributed by atoms with Crippen LogP contribution in [-0.4, -0.2) is 42.5 Å². The number of likely N-dealkylation sites (tertiary alicyclic amines) is 1. The van der Waals surface area contributed by atoms with Crippen LogP contribution in [0.1, 0.15) is 46.5 Å². The van der Waals surface area contributed by atoms with Crippen molar-refractivity contribution in [1.29, 1.82) is 0 Å². The van der Waals surface area contributed by atoms with Gasteiger partial charge < -0.3 is 16.0 Å². The lowest BCUT2D eigenvalue weighted by molar-refractivity contribution is -0.124. The highest BCUT2D eigenvalue weighted by Gasteiger charge is 2.29. The van der Waals surface area contributed by atoms with Crippen LogP contribution >= 0.6 is 0 Å². The van der Waals surface area contributed by atoms with Gasteiger partial charge in [0.05, 0.1) is 5.54 Å². The fourth-order valence-electron chi connectivity index (χ4n) is 2.83. The molecule has 4 heteroatoms. The third-order valence-corrected chi connectivity index (χ3v) is 4.00. The maximum absolute atomic E-state index is 11.5. The first kappa shape index (κ1) is 15.4. The molecule has 0 bridgehead atoms. The maximum atomic E-state index is 11.5. The highest BCUT2D eigenvalue weighted by atomic mass is 16.1. The predicted molar refractivity (Wildman–Crippen MR) is 75.3 cm³/mol. The Morgan fingerprint density at radius 3 is 2.83 bits per heavy atom. The highest BCUT2D eigenvalue weighted by Crippen LogP contribution is 2.17. The predicted octanol–water partition coefficient (Wildman–Crippen LogP) is 1.35. The summed E-state index contributed by atoms with van der Waals surface area (Å²) in [7, 11) is 0. The van der Waals surface area contributed by atoms with Crippen LogP contribution in [0, 0.1) is 5.92 Å². The number of rotatable bonds is 7. The molecule has 0 aromatic carbocycles. The van der Waals surface area contributed by atoms with Gasteiger partial charge in [0.25, 0.3) is 0 Å². The number of hydrogen-bond acceptors (Lipinski definition) is 3. The van der Waals surface area contributed by atoms with Crippen LogP contribution in [0.5, 0.6) is 0 Å². The summed E-state index contributed by atoms with van der Waals surface area (Å²) in [5.41, 5.74) is 4.94. The number of carbonyl (C=O) groups is 1. The lowest BCUT2D eigenvalue weighted by atomic mass is 9.94. The average molecular weight is 255 g/mol. The standard InChI is InChI=1S/C14H29N3O/c1-4-16-14(3,13(15)18)8-6-10-17-9-5-7-12(2)11-17/h12,16H,4-11H2,1-3H3,(H2,15,18). The van der Waals surface area contributed by atoms with E-state index in [0.29, 0.717) is 0 Å². The van der Waals surface area contributed by atoms with E-state index in [1.54, 1.807) is 0 Å². The fourth-order valence-corrected chi connectivity index (χ4v) is 2.83. The van der Waals surface area contributed by atoms with Gasteiger partial charge in [0.15, 0.2) is 0 Å². The van der Waals surface area contributed by atoms with Crippen molar-refractivity contribution in [2.24, 2.45) is 11.7 Å². The average Bonchev–Trinajstić information content (AvgIpc) is 2.29. The van der Waals surface area contributed by atoms with Crippen molar-refractivity contribution >= 4 is 5.91 Å². The van der Waals surface area contributed by atoms with Crippen molar-refractivity contribution in [3.05, 3.63) is 0 Å². The summed E-state index contributed by atoms with van der Waals surface area (Å²) in [6.45, 7) is 10.5. The molecule has 1 rings (SSSR count). The van der Waals surface area contributed by atoms with E-state index in [1.807, 2.05) is 13.8 Å². The summed E-state index contributed by atoms with van der Waals surface area (Å²) in [6, 6.07) is 0. The summed E-state index contributed by atoms with van der Waals surface area (Å²) < 4.78 is 0. The van der Waals surface area contributed by atoms with Crippen molar-refractivity contribution < 1.29 is 4.79 Å². The second kappa shape index (κ2) is 7.10. The van der Waals surface area contributed by atoms with E-state index >= 15 is 0 Å². The SMILES string of the molecule is CCNC(C)(CCCN1CCCC(C)C1)C(N)=O. The minimum Gasteiger partial charge on any atom is -0.368 e. The summed E-state index contributed by atoms with van der Waals surface area (Å²) in [5.74, 6) is 0.575. The molecule has 0 aromatic rings. The van der Waals surface area contributed by atoms with Crippen LogP contribution in [0.2, 0.25) is 0 Å². The number of piperidine rings is 1. The van der Waals surface area contributed by atoms with Crippen LogP contribution in [0.25, 0.3) is 0 Å². The molecular weight excluding hydrogens is 226 g/mol. The lowest BCUT2D eigenvalue weighted by Crippen LogP contribution is -2.53. The van der Waals surface area contributed by atoms with E-state index < -0.39 is 5.54 Å². The molecule has 2 unspecified atom stereocenters. The maximum Gasteiger partial charge on any atom is 0.237 e. The van der Waals surface area contributed by atoms with Gasteiger partial charge in [0.1, 0.15) is 0 Å². The molecule has 0 saturated carbocycles. The molecule has 0 spiro atoms. The molecule has 1 aliphatic heterocycles. The quantitative estimate of drug-likeness (QED) is 0.722. The van der Waals surface area contributed by atoms with E-state index in [-0.39, 0.29) is 5.91 Å². The second-order valence-corrected chi connectivity index (χ2v) is 5.88. The Balaban J connectivity index is 2.32. The summed E-state index contributed by atoms with van der Waals surface area (Å²) in [5, 5.41) is 3.21. The van der Waals surface area contributed by atoms with Crippen molar-refractivity contribution in [3.8, 4) is 0 Å². The number of carbonyl (C=O) groups excluding carboxylic acids is 1. The molecule has 1 amide bonds. The zero-order valence-electron chi connectivity index (χ0n) is 12.2. The van der Waals surface area contributed by atoms with Gasteiger partial charge in [0.2, 0.25) is 5.91 Å². The third kappa shape index (κ3) is 4.58. The van der Waals surface area contributed by atoms with E-state index in [0.717, 1.165) is 31.8 Å². The molecule has 0 radical (unpaired) electrons. The van der Waals surface area contributed by atoms with Crippen molar-refractivity contribution in [2.45, 2.75) is 52.0 Å². The number of nitrogens with zero attached hydrogens (tertiary/aromatic N) is 1. The summed E-state index contributed by atoms with van der Waals surface area (Å²) >= 11 is 0. The van der Waals surface area contributed by atoms with Gasteiger partial charge in [-0.15, -0.1) is 0 Å². The molecular formula is C14H29N3O. The molecule has 2 atom stereocenters. The molecule has 1 saturated heterocycles. The van der Waals surface area contributed by atoms with E-state index in [9.17, 15) is 4.79 Å². The van der Waals surface area contributed by atoms with Gasteiger partial charge in [-0.2, -0.15) is 0 Å². The Kier molecular flexibility index (Phi) is 6.09. The first-order valence-electron chi connectivity index (χ1n) is 7.25. The van der Waals surface area contributed by atoms with Gasteiger partial charge in [-0.3, -0.25) is 4.79 Å². The summed E-state index contributed by atoms with van der Waals surface area (Å²) in [6.07, 6.45) is 4.51. The monoisotopic (exact) mass is 255 g/mol. The fraction of sp³-hybridized carbons (Fsp3) is 0.929. The van der Waals surface area contributed by atoms with Gasteiger partial charge >= 0.3 is 0 Å². The Morgan fingerprint density at radius 2 is 2.28 bits per heavy atom. The van der Waals surface area contributed by atoms with Crippen LogP contribution in [0.15, 0.2) is 0 Å². The Morgan fingerprint density at radius 1 is 1.56 bits per heavy atom. The number of likely N-dealkylation sites (N-methyl/N-ethyl adjacent to an activating group) is 1. The summed E-state index contributed by atoms with van der Waals surface area (Å²) in [4.78, 5) is 14.0. The smallest absolute Gasteiger partial charge is 0.237 e. The number of primary amides is 1. The Bertz CT molecular complexity index is 270. The highest BCUT2D eigenvalue weighted by molar-refractivity contribution is 5.84. The van der Waals surface area contributed by atoms with Crippen LogP contribution < -0.4 is 11.1 Å². The molecule has 0 aromatic heterocycles. The first-order chi connectivity index (χ1) is 8.48. The number of nitrogens with two attached hydrogens (primary N) is 1. The molecule has 18 heavy (non-hydrogen) atoms. The van der Waals surface area contributed by atoms with Gasteiger partial charge in [-0.1, -0.05) is 13.8 Å². The minimum absolute atomic E-state index is 0.239. The molecule has 106 valence electrons. The zero-order chi connectivity index (χ0) is 13.6. The number of amides is 1. The molecule has 1 heterocycles. The van der Waals surface area contributed by atoms with Crippen LogP contribution in [0.4, 0.5) is 0 Å². The Labute approximate surface area is 111 Å². The van der Waals surface area contributed by atoms with E-state index in [2.05, 4.69) is 17.1 Å². The zero-order valence-corrected chi connectivity index (χ0v) is 12.2. The molecule has 3 N–H and O–H groups in total. The lowest BCUT2D eigenvalue weighted by Gasteiger charge is -2.32. The molecule has 1 fully saturated rings. The Hall–Kier alpha value is -0.610. The third-order valence-electron chi connectivity index (χ3n) is 4.00. The number of nitrogens with one attached hydrogen (secondary N) is 1. The topological polar surface area (TPSA) is 58.4 Å². The van der Waals surface area contributed by atoms with E-state index in [4.69, 9.17) is 5.73 Å². The van der Waals surface area contributed by atoms with E-state index in [1.165, 1.54) is 25.9 Å². The van der Waals surface area contributed by atoms with Gasteiger partial charge in [-0.05, 0) is 58.2 Å². The number of hydrogen-bond donors (Lipinski definition) is 2. The van der Waals surface area contributed by atoms with Crippen molar-refractivity contribution in [2.75, 3.05) is 26.2 Å². The first-order valence-corrected chi connectivity index (χ1v) is 7.25. The van der Waals surface area contributed by atoms with Crippen LogP contribution in [-0.2, 0) is 4.79 Å². The molecule has 0 aliphatic carbocycles. The molecule has 1 aliphatic rings. The van der Waals surface area contributed by atoms with Crippen molar-refractivity contribution in [3.63, 3.8) is 0 Å². The molecule has 4 nitrogen and oxygen atoms in total.